The van der Waals surface area contributed by atoms with Gasteiger partial charge in [-0.05, 0) is 24.3 Å². The second kappa shape index (κ2) is 6.95. The van der Waals surface area contributed by atoms with Gasteiger partial charge < -0.3 is 19.8 Å². The van der Waals surface area contributed by atoms with Crippen LogP contribution in [0.15, 0.2) is 48.5 Å². The number of para-hydroxylation sites is 1. The van der Waals surface area contributed by atoms with Crippen LogP contribution in [0.5, 0.6) is 11.5 Å². The first kappa shape index (κ1) is 14.4. The molecular weight excluding hydrogens is 278 g/mol. The van der Waals surface area contributed by atoms with E-state index >= 15 is 0 Å². The van der Waals surface area contributed by atoms with Crippen LogP contribution in [0.25, 0.3) is 11.0 Å². The van der Waals surface area contributed by atoms with Crippen molar-refractivity contribution in [2.24, 2.45) is 0 Å². The number of hydrogen-bond acceptors (Lipinski definition) is 4. The second-order valence-electron chi connectivity index (χ2n) is 4.90. The van der Waals surface area contributed by atoms with Crippen LogP contribution < -0.4 is 14.8 Å². The molecule has 22 heavy (non-hydrogen) atoms. The number of aromatic nitrogens is 2. The van der Waals surface area contributed by atoms with Gasteiger partial charge >= 0.3 is 0 Å². The lowest BCUT2D eigenvalue weighted by atomic mass is 10.3. The highest BCUT2D eigenvalue weighted by Crippen LogP contribution is 2.18. The normalized spacial score (nSPS) is 10.8. The molecule has 0 saturated heterocycles. The number of benzene rings is 2. The molecule has 0 bridgehead atoms. The number of aromatic amines is 1. The van der Waals surface area contributed by atoms with E-state index in [1.54, 1.807) is 7.11 Å². The number of H-pyrrole nitrogens is 1. The van der Waals surface area contributed by atoms with Crippen LogP contribution >= 0.6 is 0 Å². The van der Waals surface area contributed by atoms with Gasteiger partial charge in [0, 0.05) is 12.6 Å². The number of nitrogens with zero attached hydrogens (tertiary/aromatic N) is 1. The summed E-state index contributed by atoms with van der Waals surface area (Å²) in [5.74, 6) is 2.62. The van der Waals surface area contributed by atoms with E-state index in [0.29, 0.717) is 13.2 Å². The van der Waals surface area contributed by atoms with Gasteiger partial charge in [0.1, 0.15) is 23.9 Å². The van der Waals surface area contributed by atoms with Gasteiger partial charge in [0.15, 0.2) is 0 Å². The lowest BCUT2D eigenvalue weighted by molar-refractivity contribution is 0.313. The highest BCUT2D eigenvalue weighted by Gasteiger charge is 2.03. The standard InChI is InChI=1S/C17H19N3O2/c1-21-14-7-8-15-16(11-14)20-17(19-15)12-18-9-10-22-13-5-3-2-4-6-13/h2-8,11,18H,9-10,12H2,1H3,(H,19,20). The van der Waals surface area contributed by atoms with E-state index in [9.17, 15) is 0 Å². The number of methoxy groups -OCH3 is 1. The summed E-state index contributed by atoms with van der Waals surface area (Å²) in [5.41, 5.74) is 1.93. The van der Waals surface area contributed by atoms with Gasteiger partial charge in [-0.15, -0.1) is 0 Å². The average Bonchev–Trinajstić information content (AvgIpc) is 2.97. The maximum atomic E-state index is 5.62. The second-order valence-corrected chi connectivity index (χ2v) is 4.90. The molecule has 114 valence electrons. The molecule has 0 aliphatic heterocycles. The number of rotatable bonds is 7. The third kappa shape index (κ3) is 3.56. The fraction of sp³-hybridized carbons (Fsp3) is 0.235. The van der Waals surface area contributed by atoms with Crippen molar-refractivity contribution < 1.29 is 9.47 Å². The molecular formula is C17H19N3O2. The van der Waals surface area contributed by atoms with Gasteiger partial charge in [-0.25, -0.2) is 4.98 Å². The predicted molar refractivity (Wildman–Crippen MR) is 86.3 cm³/mol. The van der Waals surface area contributed by atoms with Gasteiger partial charge in [-0.1, -0.05) is 18.2 Å². The van der Waals surface area contributed by atoms with Crippen molar-refractivity contribution in [2.75, 3.05) is 20.3 Å². The van der Waals surface area contributed by atoms with Crippen LogP contribution in [0, 0.1) is 0 Å². The zero-order valence-corrected chi connectivity index (χ0v) is 12.5. The summed E-state index contributed by atoms with van der Waals surface area (Å²) < 4.78 is 10.8. The van der Waals surface area contributed by atoms with Gasteiger partial charge in [-0.3, -0.25) is 0 Å². The fourth-order valence-corrected chi connectivity index (χ4v) is 2.22. The summed E-state index contributed by atoms with van der Waals surface area (Å²) in [7, 11) is 1.66. The van der Waals surface area contributed by atoms with E-state index in [1.807, 2.05) is 48.5 Å². The molecule has 0 aliphatic rings. The van der Waals surface area contributed by atoms with E-state index in [1.165, 1.54) is 0 Å². The number of fused-ring (bicyclic) bond motifs is 1. The van der Waals surface area contributed by atoms with Crippen LogP contribution in [0.2, 0.25) is 0 Å². The summed E-state index contributed by atoms with van der Waals surface area (Å²) >= 11 is 0. The zero-order chi connectivity index (χ0) is 15.2. The molecule has 0 atom stereocenters. The molecule has 0 fully saturated rings. The van der Waals surface area contributed by atoms with Gasteiger partial charge in [0.05, 0.1) is 24.7 Å². The van der Waals surface area contributed by atoms with Crippen LogP contribution in [0.4, 0.5) is 0 Å². The van der Waals surface area contributed by atoms with Crippen LogP contribution in [-0.2, 0) is 6.54 Å². The lowest BCUT2D eigenvalue weighted by Gasteiger charge is -2.06. The van der Waals surface area contributed by atoms with Gasteiger partial charge in [0.25, 0.3) is 0 Å². The molecule has 5 nitrogen and oxygen atoms in total. The number of ether oxygens (including phenoxy) is 2. The Kier molecular flexibility index (Phi) is 4.56. The van der Waals surface area contributed by atoms with Gasteiger partial charge in [0.2, 0.25) is 0 Å². The summed E-state index contributed by atoms with van der Waals surface area (Å²) in [6, 6.07) is 15.6. The Labute approximate surface area is 129 Å². The minimum atomic E-state index is 0.623. The first-order valence-electron chi connectivity index (χ1n) is 7.26. The quantitative estimate of drug-likeness (QED) is 0.658. The predicted octanol–water partition coefficient (Wildman–Crippen LogP) is 2.74. The third-order valence-corrected chi connectivity index (χ3v) is 3.32. The molecule has 5 heteroatoms. The van der Waals surface area contributed by atoms with Crippen molar-refractivity contribution in [2.45, 2.75) is 6.54 Å². The molecule has 0 saturated carbocycles. The van der Waals surface area contributed by atoms with E-state index in [2.05, 4.69) is 15.3 Å². The van der Waals surface area contributed by atoms with E-state index in [4.69, 9.17) is 9.47 Å². The first-order valence-corrected chi connectivity index (χ1v) is 7.26. The van der Waals surface area contributed by atoms with Crippen molar-refractivity contribution >= 4 is 11.0 Å². The van der Waals surface area contributed by atoms with Crippen LogP contribution in [0.1, 0.15) is 5.82 Å². The maximum Gasteiger partial charge on any atom is 0.121 e. The summed E-state index contributed by atoms with van der Waals surface area (Å²) in [6.07, 6.45) is 0. The first-order chi connectivity index (χ1) is 10.8. The van der Waals surface area contributed by atoms with Gasteiger partial charge in [-0.2, -0.15) is 0 Å². The van der Waals surface area contributed by atoms with Crippen molar-refractivity contribution in [3.05, 3.63) is 54.4 Å². The monoisotopic (exact) mass is 297 g/mol. The summed E-state index contributed by atoms with van der Waals surface area (Å²) in [5, 5.41) is 3.31. The Morgan fingerprint density at radius 2 is 1.95 bits per heavy atom. The molecule has 2 N–H and O–H groups in total. The van der Waals surface area contributed by atoms with Crippen LogP contribution in [0.3, 0.4) is 0 Å². The summed E-state index contributed by atoms with van der Waals surface area (Å²) in [4.78, 5) is 7.81. The van der Waals surface area contributed by atoms with Crippen molar-refractivity contribution in [1.82, 2.24) is 15.3 Å². The molecule has 0 unspecified atom stereocenters. The van der Waals surface area contributed by atoms with Crippen molar-refractivity contribution in [3.8, 4) is 11.5 Å². The Morgan fingerprint density at radius 1 is 1.09 bits per heavy atom. The SMILES string of the molecule is COc1ccc2nc(CNCCOc3ccccc3)[nH]c2c1. The molecule has 2 aromatic carbocycles. The maximum absolute atomic E-state index is 5.62. The number of imidazole rings is 1. The number of nitrogens with one attached hydrogen (secondary N) is 2. The minimum Gasteiger partial charge on any atom is -0.497 e. The molecule has 0 amide bonds. The Bertz CT molecular complexity index is 725. The van der Waals surface area contributed by atoms with E-state index < -0.39 is 0 Å². The molecule has 3 rings (SSSR count). The molecule has 1 aromatic heterocycles. The largest absolute Gasteiger partial charge is 0.497 e. The highest BCUT2D eigenvalue weighted by atomic mass is 16.5. The van der Waals surface area contributed by atoms with Crippen molar-refractivity contribution in [1.29, 1.82) is 0 Å². The van der Waals surface area contributed by atoms with E-state index in [-0.39, 0.29) is 0 Å². The fourth-order valence-electron chi connectivity index (χ4n) is 2.22. The highest BCUT2D eigenvalue weighted by molar-refractivity contribution is 5.76. The average molecular weight is 297 g/mol. The minimum absolute atomic E-state index is 0.623. The van der Waals surface area contributed by atoms with E-state index in [0.717, 1.165) is 34.9 Å². The van der Waals surface area contributed by atoms with Crippen molar-refractivity contribution in [3.63, 3.8) is 0 Å². The smallest absolute Gasteiger partial charge is 0.121 e. The molecule has 0 radical (unpaired) electrons. The third-order valence-electron chi connectivity index (χ3n) is 3.32. The molecule has 0 spiro atoms. The van der Waals surface area contributed by atoms with Crippen LogP contribution in [-0.4, -0.2) is 30.2 Å². The molecule has 0 aliphatic carbocycles. The Morgan fingerprint density at radius 3 is 2.77 bits per heavy atom. The molecule has 1 heterocycles. The number of hydrogen-bond donors (Lipinski definition) is 2. The topological polar surface area (TPSA) is 59.2 Å². The summed E-state index contributed by atoms with van der Waals surface area (Å²) in [6.45, 7) is 2.06. The zero-order valence-electron chi connectivity index (χ0n) is 12.5. The Balaban J connectivity index is 1.47. The Hall–Kier alpha value is -2.53. The molecule has 3 aromatic rings. The lowest BCUT2D eigenvalue weighted by Crippen LogP contribution is -2.21.